The molecular weight excluding hydrogens is 360 g/mol. The van der Waals surface area contributed by atoms with Crippen molar-refractivity contribution >= 4 is 27.3 Å². The van der Waals surface area contributed by atoms with Crippen molar-refractivity contribution in [3.63, 3.8) is 0 Å². The lowest BCUT2D eigenvalue weighted by atomic mass is 10.0. The first-order valence-electron chi connectivity index (χ1n) is 7.18. The van der Waals surface area contributed by atoms with Crippen LogP contribution < -0.4 is 4.72 Å². The second-order valence-electron chi connectivity index (χ2n) is 6.18. The van der Waals surface area contributed by atoms with Crippen LogP contribution in [0.1, 0.15) is 37.9 Å². The number of rotatable bonds is 5. The minimum absolute atomic E-state index is 0.0486. The fraction of sp³-hybridized carbons (Fsp3) is 0.353. The molecule has 0 aliphatic heterocycles. The Labute approximate surface area is 144 Å². The fourth-order valence-electron chi connectivity index (χ4n) is 2.00. The van der Waals surface area contributed by atoms with Gasteiger partial charge in [0.15, 0.2) is 0 Å². The molecule has 0 bridgehead atoms. The molecule has 118 valence electrons. The van der Waals surface area contributed by atoms with Gasteiger partial charge in [-0.05, 0) is 60.3 Å². The Bertz CT molecular complexity index is 601. The third kappa shape index (κ3) is 5.09. The number of halogens is 1. The van der Waals surface area contributed by atoms with Crippen LogP contribution in [0.25, 0.3) is 0 Å². The van der Waals surface area contributed by atoms with Gasteiger partial charge in [-0.15, -0.1) is 4.72 Å². The van der Waals surface area contributed by atoms with Gasteiger partial charge in [-0.25, -0.2) is 0 Å². The highest BCUT2D eigenvalue weighted by atomic mass is 79.9. The average Bonchev–Trinajstić information content (AvgIpc) is 2.46. The largest absolute Gasteiger partial charge is 0.598 e. The van der Waals surface area contributed by atoms with E-state index in [1.165, 1.54) is 5.56 Å². The standard InChI is InChI=1S/C17H21BrN2OS/c1-17(2,3)22(21)20-16(9-13-7-5-4-6-8-13)14-10-15(18)12-19-11-14/h4-8,10-12,16,20H,9H2,1-3H3/t16-,22?/m1/s1. The van der Waals surface area contributed by atoms with Crippen molar-refractivity contribution in [3.8, 4) is 0 Å². The highest BCUT2D eigenvalue weighted by Gasteiger charge is 2.30. The molecule has 0 fully saturated rings. The smallest absolute Gasteiger partial charge is 0.136 e. The van der Waals surface area contributed by atoms with Gasteiger partial charge in [0.05, 0.1) is 6.04 Å². The molecule has 1 heterocycles. The monoisotopic (exact) mass is 380 g/mol. The molecule has 22 heavy (non-hydrogen) atoms. The Morgan fingerprint density at radius 3 is 2.50 bits per heavy atom. The van der Waals surface area contributed by atoms with Gasteiger partial charge in [0, 0.05) is 28.2 Å². The predicted octanol–water partition coefficient (Wildman–Crippen LogP) is 4.18. The number of benzene rings is 1. The molecule has 0 spiro atoms. The molecule has 0 amide bonds. The molecule has 0 saturated carbocycles. The van der Waals surface area contributed by atoms with E-state index in [1.807, 2.05) is 51.2 Å². The summed E-state index contributed by atoms with van der Waals surface area (Å²) in [5.74, 6) is 0. The van der Waals surface area contributed by atoms with Crippen LogP contribution >= 0.6 is 15.9 Å². The molecule has 0 aliphatic rings. The zero-order chi connectivity index (χ0) is 16.2. The van der Waals surface area contributed by atoms with E-state index in [0.29, 0.717) is 0 Å². The van der Waals surface area contributed by atoms with Crippen LogP contribution in [-0.2, 0) is 17.8 Å². The van der Waals surface area contributed by atoms with Gasteiger partial charge in [0.1, 0.15) is 4.75 Å². The summed E-state index contributed by atoms with van der Waals surface area (Å²) in [6.07, 6.45) is 4.34. The van der Waals surface area contributed by atoms with Crippen LogP contribution in [0.15, 0.2) is 53.3 Å². The maximum Gasteiger partial charge on any atom is 0.136 e. The SMILES string of the molecule is CC(C)(C)[S+]([O-])N[C@H](Cc1ccccc1)c1cncc(Br)c1. The van der Waals surface area contributed by atoms with Crippen molar-refractivity contribution in [1.29, 1.82) is 0 Å². The van der Waals surface area contributed by atoms with Crippen LogP contribution in [0.3, 0.4) is 0 Å². The molecule has 0 saturated heterocycles. The summed E-state index contributed by atoms with van der Waals surface area (Å²) in [7, 11) is 0. The van der Waals surface area contributed by atoms with Gasteiger partial charge in [-0.2, -0.15) is 0 Å². The number of pyridine rings is 1. The molecule has 0 radical (unpaired) electrons. The topological polar surface area (TPSA) is 48.0 Å². The molecule has 3 nitrogen and oxygen atoms in total. The van der Waals surface area contributed by atoms with Gasteiger partial charge in [0.25, 0.3) is 0 Å². The lowest BCUT2D eigenvalue weighted by molar-refractivity contribution is 0.521. The van der Waals surface area contributed by atoms with Crippen LogP contribution in [0.2, 0.25) is 0 Å². The molecular formula is C17H21BrN2OS. The maximum atomic E-state index is 12.5. The highest BCUT2D eigenvalue weighted by Crippen LogP contribution is 2.24. The first kappa shape index (κ1) is 17.5. The number of hydrogen-bond acceptors (Lipinski definition) is 3. The number of nitrogens with zero attached hydrogens (tertiary/aromatic N) is 1. The number of aromatic nitrogens is 1. The van der Waals surface area contributed by atoms with Crippen LogP contribution in [0, 0.1) is 0 Å². The van der Waals surface area contributed by atoms with Crippen molar-refractivity contribution in [2.24, 2.45) is 0 Å². The van der Waals surface area contributed by atoms with E-state index in [2.05, 4.69) is 37.8 Å². The van der Waals surface area contributed by atoms with E-state index < -0.39 is 11.4 Å². The fourth-order valence-corrected chi connectivity index (χ4v) is 3.22. The summed E-state index contributed by atoms with van der Waals surface area (Å²) in [6.45, 7) is 5.90. The molecule has 1 N–H and O–H groups in total. The highest BCUT2D eigenvalue weighted by molar-refractivity contribution is 9.10. The zero-order valence-corrected chi connectivity index (χ0v) is 15.4. The van der Waals surface area contributed by atoms with Crippen molar-refractivity contribution in [2.75, 3.05) is 0 Å². The van der Waals surface area contributed by atoms with E-state index in [4.69, 9.17) is 0 Å². The Morgan fingerprint density at radius 1 is 1.23 bits per heavy atom. The van der Waals surface area contributed by atoms with Crippen molar-refractivity contribution < 1.29 is 4.55 Å². The van der Waals surface area contributed by atoms with E-state index >= 15 is 0 Å². The van der Waals surface area contributed by atoms with Crippen molar-refractivity contribution in [1.82, 2.24) is 9.71 Å². The summed E-state index contributed by atoms with van der Waals surface area (Å²) in [6, 6.07) is 12.2. The Kier molecular flexibility index (Phi) is 6.03. The molecule has 2 atom stereocenters. The quantitative estimate of drug-likeness (QED) is 0.791. The van der Waals surface area contributed by atoms with Gasteiger partial charge < -0.3 is 4.55 Å². The Balaban J connectivity index is 2.24. The third-order valence-corrected chi connectivity index (χ3v) is 5.26. The maximum absolute atomic E-state index is 12.5. The van der Waals surface area contributed by atoms with Gasteiger partial charge in [-0.1, -0.05) is 30.3 Å². The number of hydrogen-bond donors (Lipinski definition) is 1. The van der Waals surface area contributed by atoms with Gasteiger partial charge >= 0.3 is 0 Å². The minimum atomic E-state index is -1.14. The average molecular weight is 381 g/mol. The summed E-state index contributed by atoms with van der Waals surface area (Å²) in [5.41, 5.74) is 2.22. The first-order chi connectivity index (χ1) is 10.4. The lowest BCUT2D eigenvalue weighted by Gasteiger charge is -2.28. The van der Waals surface area contributed by atoms with Crippen LogP contribution in [-0.4, -0.2) is 14.3 Å². The normalized spacial score (nSPS) is 14.6. The summed E-state index contributed by atoms with van der Waals surface area (Å²) in [5, 5.41) is 0. The van der Waals surface area contributed by atoms with Crippen LogP contribution in [0.4, 0.5) is 0 Å². The van der Waals surface area contributed by atoms with E-state index in [0.717, 1.165) is 16.5 Å². The second kappa shape index (κ2) is 7.59. The lowest BCUT2D eigenvalue weighted by Crippen LogP contribution is -2.41. The molecule has 2 aromatic rings. The van der Waals surface area contributed by atoms with Crippen molar-refractivity contribution in [2.45, 2.75) is 38.0 Å². The van der Waals surface area contributed by atoms with E-state index in [9.17, 15) is 4.55 Å². The van der Waals surface area contributed by atoms with Gasteiger partial charge in [0.2, 0.25) is 0 Å². The molecule has 0 aliphatic carbocycles. The summed E-state index contributed by atoms with van der Waals surface area (Å²) < 4.78 is 16.4. The first-order valence-corrected chi connectivity index (χ1v) is 9.13. The number of nitrogens with one attached hydrogen (secondary N) is 1. The van der Waals surface area contributed by atoms with E-state index in [-0.39, 0.29) is 10.8 Å². The predicted molar refractivity (Wildman–Crippen MR) is 95.9 cm³/mol. The summed E-state index contributed by atoms with van der Waals surface area (Å²) in [4.78, 5) is 4.23. The Hall–Kier alpha value is -0.880. The molecule has 1 aromatic heterocycles. The van der Waals surface area contributed by atoms with E-state index in [1.54, 1.807) is 6.20 Å². The van der Waals surface area contributed by atoms with Gasteiger partial charge in [-0.3, -0.25) is 4.98 Å². The zero-order valence-electron chi connectivity index (χ0n) is 13.0. The minimum Gasteiger partial charge on any atom is -0.598 e. The summed E-state index contributed by atoms with van der Waals surface area (Å²) >= 11 is 2.31. The van der Waals surface area contributed by atoms with Crippen molar-refractivity contribution in [3.05, 3.63) is 64.4 Å². The second-order valence-corrected chi connectivity index (χ2v) is 9.09. The molecule has 1 unspecified atom stereocenters. The molecule has 2 rings (SSSR count). The molecule has 1 aromatic carbocycles. The third-order valence-electron chi connectivity index (χ3n) is 3.22. The molecule has 5 heteroatoms. The van der Waals surface area contributed by atoms with Crippen LogP contribution in [0.5, 0.6) is 0 Å². The Morgan fingerprint density at radius 2 is 1.91 bits per heavy atom.